The summed E-state index contributed by atoms with van der Waals surface area (Å²) in [4.78, 5) is 29.6. The Morgan fingerprint density at radius 2 is 1.59 bits per heavy atom. The average Bonchev–Trinajstić information content (AvgIpc) is 3.61. The molecule has 0 spiro atoms. The number of benzene rings is 3. The van der Waals surface area contributed by atoms with Crippen LogP contribution in [0.15, 0.2) is 114 Å². The van der Waals surface area contributed by atoms with Crippen molar-refractivity contribution in [3.8, 4) is 0 Å². The molecule has 3 unspecified atom stereocenters. The third-order valence-corrected chi connectivity index (χ3v) is 8.29. The van der Waals surface area contributed by atoms with Crippen LogP contribution in [-0.4, -0.2) is 55.9 Å². The van der Waals surface area contributed by atoms with Gasteiger partial charge in [-0.05, 0) is 55.2 Å². The number of amides is 1. The van der Waals surface area contributed by atoms with E-state index in [4.69, 9.17) is 9.47 Å². The van der Waals surface area contributed by atoms with Crippen molar-refractivity contribution in [3.63, 3.8) is 0 Å². The molecule has 0 aliphatic carbocycles. The molecule has 210 valence electrons. The first-order valence-corrected chi connectivity index (χ1v) is 14.2. The summed E-state index contributed by atoms with van der Waals surface area (Å²) in [5, 5.41) is 6.82. The van der Waals surface area contributed by atoms with Crippen molar-refractivity contribution in [3.05, 3.63) is 120 Å². The van der Waals surface area contributed by atoms with Gasteiger partial charge in [-0.15, -0.1) is 0 Å². The van der Waals surface area contributed by atoms with E-state index in [2.05, 4.69) is 39.8 Å². The molecule has 0 radical (unpaired) electrons. The van der Waals surface area contributed by atoms with E-state index >= 15 is 0 Å². The maximum atomic E-state index is 13.8. The van der Waals surface area contributed by atoms with Gasteiger partial charge in [-0.25, -0.2) is 4.79 Å². The predicted molar refractivity (Wildman–Crippen MR) is 160 cm³/mol. The summed E-state index contributed by atoms with van der Waals surface area (Å²) in [5.41, 5.74) is 2.64. The Bertz CT molecular complexity index is 1390. The first-order chi connectivity index (χ1) is 20.1. The van der Waals surface area contributed by atoms with Crippen LogP contribution in [0.4, 0.5) is 11.4 Å². The van der Waals surface area contributed by atoms with Crippen LogP contribution in [0.25, 0.3) is 0 Å². The molecule has 7 heteroatoms. The number of ether oxygens (including phenoxy) is 2. The van der Waals surface area contributed by atoms with Gasteiger partial charge in [-0.2, -0.15) is 0 Å². The highest BCUT2D eigenvalue weighted by atomic mass is 16.5. The average molecular weight is 550 g/mol. The molecule has 1 saturated heterocycles. The fourth-order valence-electron chi connectivity index (χ4n) is 6.24. The van der Waals surface area contributed by atoms with E-state index in [0.29, 0.717) is 12.0 Å². The summed E-state index contributed by atoms with van der Waals surface area (Å²) in [6.45, 7) is 1.70. The first kappa shape index (κ1) is 26.8. The smallest absolute Gasteiger partial charge is 0.337 e. The molecular weight excluding hydrogens is 514 g/mol. The molecule has 3 aliphatic heterocycles. The molecule has 1 amide bonds. The minimum absolute atomic E-state index is 0.00970. The molecule has 0 saturated carbocycles. The number of nitrogens with one attached hydrogen (secondary N) is 2. The van der Waals surface area contributed by atoms with Crippen molar-refractivity contribution in [2.75, 3.05) is 30.4 Å². The van der Waals surface area contributed by atoms with Gasteiger partial charge in [0.1, 0.15) is 11.7 Å². The maximum Gasteiger partial charge on any atom is 0.337 e. The topological polar surface area (TPSA) is 79.9 Å². The molecule has 3 aliphatic rings. The third kappa shape index (κ3) is 5.37. The van der Waals surface area contributed by atoms with Gasteiger partial charge < -0.3 is 25.0 Å². The Balaban J connectivity index is 1.27. The summed E-state index contributed by atoms with van der Waals surface area (Å²) >= 11 is 0. The van der Waals surface area contributed by atoms with Crippen LogP contribution in [-0.2, 0) is 25.5 Å². The van der Waals surface area contributed by atoms with Gasteiger partial charge in [-0.3, -0.25) is 4.79 Å². The number of hydrogen-bond acceptors (Lipinski definition) is 6. The standard InChI is InChI=1S/C34H35N3O4/c1-40-33(39)31-30(32(38)36-26-18-21-37(22-19-26)27-15-9-4-10-16-27)28-17-20-34(31,41-28)29(23-24-11-5-2-6-12-24)35-25-13-7-3-8-14-25/h2-17,20,26,28-29,35H,18-19,21-23H2,1H3,(H,36,38). The van der Waals surface area contributed by atoms with E-state index in [1.807, 2.05) is 78.9 Å². The summed E-state index contributed by atoms with van der Waals surface area (Å²) in [6, 6.07) is 29.9. The number of nitrogens with zero attached hydrogens (tertiary/aromatic N) is 1. The van der Waals surface area contributed by atoms with Gasteiger partial charge in [0.2, 0.25) is 0 Å². The van der Waals surface area contributed by atoms with Crippen LogP contribution < -0.4 is 15.5 Å². The van der Waals surface area contributed by atoms with Crippen molar-refractivity contribution < 1.29 is 19.1 Å². The highest BCUT2D eigenvalue weighted by Gasteiger charge is 2.58. The summed E-state index contributed by atoms with van der Waals surface area (Å²) in [6.07, 6.45) is 5.40. The second-order valence-electron chi connectivity index (χ2n) is 10.8. The van der Waals surface area contributed by atoms with Crippen LogP contribution in [0.5, 0.6) is 0 Å². The molecule has 6 rings (SSSR count). The van der Waals surface area contributed by atoms with Crippen LogP contribution in [0.3, 0.4) is 0 Å². The largest absolute Gasteiger partial charge is 0.466 e. The number of rotatable bonds is 9. The molecule has 3 heterocycles. The van der Waals surface area contributed by atoms with Crippen LogP contribution >= 0.6 is 0 Å². The van der Waals surface area contributed by atoms with Crippen molar-refractivity contribution in [2.45, 2.75) is 43.1 Å². The normalized spacial score (nSPS) is 22.5. The predicted octanol–water partition coefficient (Wildman–Crippen LogP) is 4.67. The van der Waals surface area contributed by atoms with Gasteiger partial charge in [0, 0.05) is 30.5 Å². The lowest BCUT2D eigenvalue weighted by Gasteiger charge is -2.36. The van der Waals surface area contributed by atoms with Gasteiger partial charge in [0.15, 0.2) is 0 Å². The van der Waals surface area contributed by atoms with Crippen LogP contribution in [0.2, 0.25) is 0 Å². The highest BCUT2D eigenvalue weighted by molar-refractivity contribution is 6.07. The highest BCUT2D eigenvalue weighted by Crippen LogP contribution is 2.47. The zero-order valence-electron chi connectivity index (χ0n) is 23.2. The molecule has 3 atom stereocenters. The van der Waals surface area contributed by atoms with Crippen molar-refractivity contribution >= 4 is 23.3 Å². The van der Waals surface area contributed by atoms with Gasteiger partial charge in [0.25, 0.3) is 5.91 Å². The molecule has 3 aromatic rings. The van der Waals surface area contributed by atoms with Crippen LogP contribution in [0.1, 0.15) is 18.4 Å². The van der Waals surface area contributed by atoms with Gasteiger partial charge in [-0.1, -0.05) is 72.8 Å². The zero-order chi connectivity index (χ0) is 28.2. The van der Waals surface area contributed by atoms with E-state index < -0.39 is 17.7 Å². The second kappa shape index (κ2) is 11.6. The number of esters is 1. The lowest BCUT2D eigenvalue weighted by atomic mass is 9.78. The Kier molecular flexibility index (Phi) is 7.61. The zero-order valence-corrected chi connectivity index (χ0v) is 23.2. The number of anilines is 2. The number of carbonyl (C=O) groups is 2. The molecule has 3 aromatic carbocycles. The lowest BCUT2D eigenvalue weighted by molar-refractivity contribution is -0.138. The Hall–Kier alpha value is -4.36. The fourth-order valence-corrected chi connectivity index (χ4v) is 6.24. The molecule has 1 fully saturated rings. The Morgan fingerprint density at radius 1 is 0.951 bits per heavy atom. The monoisotopic (exact) mass is 549 g/mol. The van der Waals surface area contributed by atoms with E-state index in [-0.39, 0.29) is 23.6 Å². The molecule has 2 bridgehead atoms. The first-order valence-electron chi connectivity index (χ1n) is 14.2. The van der Waals surface area contributed by atoms with E-state index in [1.54, 1.807) is 0 Å². The quantitative estimate of drug-likeness (QED) is 0.298. The second-order valence-corrected chi connectivity index (χ2v) is 10.8. The Morgan fingerprint density at radius 3 is 2.24 bits per heavy atom. The van der Waals surface area contributed by atoms with Gasteiger partial charge >= 0.3 is 5.97 Å². The number of para-hydroxylation sites is 2. The molecule has 7 nitrogen and oxygen atoms in total. The van der Waals surface area contributed by atoms with Crippen molar-refractivity contribution in [1.29, 1.82) is 0 Å². The number of carbonyl (C=O) groups excluding carboxylic acids is 2. The summed E-state index contributed by atoms with van der Waals surface area (Å²) in [7, 11) is 1.35. The number of piperidine rings is 1. The molecule has 2 N–H and O–H groups in total. The summed E-state index contributed by atoms with van der Waals surface area (Å²) < 4.78 is 11.9. The number of fused-ring (bicyclic) bond motifs is 2. The molecule has 0 aromatic heterocycles. The SMILES string of the molecule is COC(=O)C1=C(C(=O)NC2CCN(c3ccccc3)CC2)C2C=CC1(C(Cc1ccccc1)Nc1ccccc1)O2. The van der Waals surface area contributed by atoms with Crippen molar-refractivity contribution in [1.82, 2.24) is 5.32 Å². The minimum Gasteiger partial charge on any atom is -0.466 e. The number of hydrogen-bond donors (Lipinski definition) is 2. The van der Waals surface area contributed by atoms with E-state index in [1.165, 1.54) is 12.8 Å². The lowest BCUT2D eigenvalue weighted by Crippen LogP contribution is -2.50. The number of methoxy groups -OCH3 is 1. The molecular formula is C34H35N3O4. The third-order valence-electron chi connectivity index (χ3n) is 8.29. The Labute approximate surface area is 240 Å². The van der Waals surface area contributed by atoms with E-state index in [9.17, 15) is 9.59 Å². The minimum atomic E-state index is -1.16. The fraction of sp³-hybridized carbons (Fsp3) is 0.294. The summed E-state index contributed by atoms with van der Waals surface area (Å²) in [5.74, 6) is -0.813. The van der Waals surface area contributed by atoms with Crippen molar-refractivity contribution in [2.24, 2.45) is 0 Å². The molecule has 41 heavy (non-hydrogen) atoms. The van der Waals surface area contributed by atoms with Crippen LogP contribution in [0, 0.1) is 0 Å². The maximum absolute atomic E-state index is 13.8. The van der Waals surface area contributed by atoms with E-state index in [0.717, 1.165) is 37.2 Å². The van der Waals surface area contributed by atoms with Gasteiger partial charge in [0.05, 0.1) is 24.3 Å².